The van der Waals surface area contributed by atoms with E-state index in [2.05, 4.69) is 10.0 Å². The van der Waals surface area contributed by atoms with Crippen molar-refractivity contribution in [1.29, 1.82) is 0 Å². The van der Waals surface area contributed by atoms with Gasteiger partial charge in [0.25, 0.3) is 0 Å². The molecule has 0 fully saturated rings. The molecule has 0 heterocycles. The summed E-state index contributed by atoms with van der Waals surface area (Å²) < 4.78 is 36.3. The molecule has 0 aliphatic heterocycles. The van der Waals surface area contributed by atoms with E-state index >= 15 is 0 Å². The normalized spacial score (nSPS) is 15.1. The van der Waals surface area contributed by atoms with Crippen molar-refractivity contribution >= 4 is 26.5 Å². The molecule has 0 amide bonds. The maximum absolute atomic E-state index is 11.5. The zero-order valence-electron chi connectivity index (χ0n) is 10.6. The predicted molar refractivity (Wildman–Crippen MR) is 74.7 cm³/mol. The summed E-state index contributed by atoms with van der Waals surface area (Å²) in [6.07, 6.45) is 1.65. The standard InChI is InChI=1S/C11H18N2O3S2/c1-9(8-17(3)14)13-10-4-6-11(7-5-10)18(15,16)12-2/h4-7,9,12-13H,8H2,1-3H3. The lowest BCUT2D eigenvalue weighted by Gasteiger charge is -2.14. The molecule has 5 nitrogen and oxygen atoms in total. The van der Waals surface area contributed by atoms with E-state index in [0.717, 1.165) is 5.69 Å². The van der Waals surface area contributed by atoms with Crippen molar-refractivity contribution < 1.29 is 12.6 Å². The third-order valence-corrected chi connectivity index (χ3v) is 4.73. The molecule has 102 valence electrons. The van der Waals surface area contributed by atoms with E-state index in [9.17, 15) is 12.6 Å². The smallest absolute Gasteiger partial charge is 0.240 e. The molecule has 0 aromatic heterocycles. The average molecular weight is 290 g/mol. The zero-order valence-corrected chi connectivity index (χ0v) is 12.3. The first kappa shape index (κ1) is 15.1. The summed E-state index contributed by atoms with van der Waals surface area (Å²) in [6.45, 7) is 1.93. The van der Waals surface area contributed by atoms with Crippen LogP contribution in [0.15, 0.2) is 29.2 Å². The first-order valence-corrected chi connectivity index (χ1v) is 8.66. The lowest BCUT2D eigenvalue weighted by atomic mass is 10.3. The molecule has 0 saturated heterocycles. The van der Waals surface area contributed by atoms with Crippen molar-refractivity contribution in [3.8, 4) is 0 Å². The summed E-state index contributed by atoms with van der Waals surface area (Å²) in [6, 6.07) is 6.52. The van der Waals surface area contributed by atoms with Crippen LogP contribution in [-0.2, 0) is 20.8 Å². The van der Waals surface area contributed by atoms with E-state index in [0.29, 0.717) is 5.75 Å². The van der Waals surface area contributed by atoms with Gasteiger partial charge in [-0.2, -0.15) is 0 Å². The SMILES string of the molecule is CNS(=O)(=O)c1ccc(NC(C)CS(C)=O)cc1. The molecule has 1 aromatic rings. The van der Waals surface area contributed by atoms with Crippen molar-refractivity contribution in [3.63, 3.8) is 0 Å². The summed E-state index contributed by atoms with van der Waals surface area (Å²) in [5.74, 6) is 0.552. The van der Waals surface area contributed by atoms with Crippen molar-refractivity contribution in [2.24, 2.45) is 0 Å². The summed E-state index contributed by atoms with van der Waals surface area (Å²) in [5, 5.41) is 3.16. The number of nitrogens with one attached hydrogen (secondary N) is 2. The Bertz CT molecular complexity index is 512. The van der Waals surface area contributed by atoms with Gasteiger partial charge in [-0.25, -0.2) is 13.1 Å². The number of anilines is 1. The van der Waals surface area contributed by atoms with Crippen molar-refractivity contribution in [2.45, 2.75) is 17.9 Å². The Balaban J connectivity index is 2.75. The molecule has 0 radical (unpaired) electrons. The Labute approximate surface area is 110 Å². The molecule has 2 unspecified atom stereocenters. The fraction of sp³-hybridized carbons (Fsp3) is 0.455. The van der Waals surface area contributed by atoms with Crippen LogP contribution >= 0.6 is 0 Å². The highest BCUT2D eigenvalue weighted by Crippen LogP contribution is 2.14. The Hall–Kier alpha value is -0.920. The van der Waals surface area contributed by atoms with E-state index in [1.165, 1.54) is 19.2 Å². The zero-order chi connectivity index (χ0) is 13.8. The van der Waals surface area contributed by atoms with Gasteiger partial charge in [0.05, 0.1) is 4.90 Å². The molecule has 2 N–H and O–H groups in total. The van der Waals surface area contributed by atoms with E-state index in [1.807, 2.05) is 6.92 Å². The summed E-state index contributed by atoms with van der Waals surface area (Å²) in [7, 11) is -2.87. The molecule has 1 rings (SSSR count). The monoisotopic (exact) mass is 290 g/mol. The Morgan fingerprint density at radius 2 is 1.83 bits per heavy atom. The van der Waals surface area contributed by atoms with Gasteiger partial charge in [0.1, 0.15) is 0 Å². The van der Waals surface area contributed by atoms with Gasteiger partial charge in [0.2, 0.25) is 10.0 Å². The number of hydrogen-bond acceptors (Lipinski definition) is 4. The highest BCUT2D eigenvalue weighted by molar-refractivity contribution is 7.89. The summed E-state index contributed by atoms with van der Waals surface area (Å²) in [4.78, 5) is 0.224. The summed E-state index contributed by atoms with van der Waals surface area (Å²) in [5.41, 5.74) is 0.808. The molecule has 1 aromatic carbocycles. The second kappa shape index (κ2) is 6.31. The molecule has 18 heavy (non-hydrogen) atoms. The van der Waals surface area contributed by atoms with Gasteiger partial charge < -0.3 is 5.32 Å². The van der Waals surface area contributed by atoms with Crippen molar-refractivity contribution in [1.82, 2.24) is 4.72 Å². The van der Waals surface area contributed by atoms with Crippen LogP contribution in [0.3, 0.4) is 0 Å². The topological polar surface area (TPSA) is 75.3 Å². The van der Waals surface area contributed by atoms with Gasteiger partial charge in [-0.15, -0.1) is 0 Å². The van der Waals surface area contributed by atoms with E-state index in [1.54, 1.807) is 18.4 Å². The third kappa shape index (κ3) is 4.40. The van der Waals surface area contributed by atoms with Crippen LogP contribution in [0.1, 0.15) is 6.92 Å². The minimum absolute atomic E-state index is 0.0718. The molecule has 0 aliphatic rings. The highest BCUT2D eigenvalue weighted by Gasteiger charge is 2.11. The second-order valence-electron chi connectivity index (χ2n) is 4.02. The first-order chi connectivity index (χ1) is 8.35. The van der Waals surface area contributed by atoms with Gasteiger partial charge >= 0.3 is 0 Å². The first-order valence-electron chi connectivity index (χ1n) is 5.45. The van der Waals surface area contributed by atoms with Crippen LogP contribution in [0.25, 0.3) is 0 Å². The number of rotatable bonds is 6. The minimum atomic E-state index is -3.39. The van der Waals surface area contributed by atoms with E-state index in [-0.39, 0.29) is 10.9 Å². The Morgan fingerprint density at radius 3 is 2.28 bits per heavy atom. The molecular formula is C11H18N2O3S2. The Morgan fingerprint density at radius 1 is 1.28 bits per heavy atom. The van der Waals surface area contributed by atoms with Gasteiger partial charge in [-0.05, 0) is 38.2 Å². The summed E-state index contributed by atoms with van der Waals surface area (Å²) >= 11 is 0. The lowest BCUT2D eigenvalue weighted by molar-refractivity contribution is 0.588. The van der Waals surface area contributed by atoms with Gasteiger partial charge in [-0.3, -0.25) is 4.21 Å². The van der Waals surface area contributed by atoms with Crippen molar-refractivity contribution in [3.05, 3.63) is 24.3 Å². The van der Waals surface area contributed by atoms with Gasteiger partial charge in [-0.1, -0.05) is 0 Å². The maximum Gasteiger partial charge on any atom is 0.240 e. The third-order valence-electron chi connectivity index (χ3n) is 2.33. The van der Waals surface area contributed by atoms with Crippen LogP contribution in [-0.4, -0.2) is 37.7 Å². The predicted octanol–water partition coefficient (Wildman–Crippen LogP) is 0.774. The number of sulfonamides is 1. The van der Waals surface area contributed by atoms with Gasteiger partial charge in [0.15, 0.2) is 0 Å². The average Bonchev–Trinajstić information content (AvgIpc) is 2.28. The number of hydrogen-bond donors (Lipinski definition) is 2. The van der Waals surface area contributed by atoms with Gasteiger partial charge in [0, 0.05) is 34.5 Å². The van der Waals surface area contributed by atoms with Crippen LogP contribution in [0.5, 0.6) is 0 Å². The maximum atomic E-state index is 11.5. The molecule has 7 heteroatoms. The second-order valence-corrected chi connectivity index (χ2v) is 7.38. The highest BCUT2D eigenvalue weighted by atomic mass is 32.2. The van der Waals surface area contributed by atoms with E-state index in [4.69, 9.17) is 0 Å². The molecule has 0 aliphatic carbocycles. The van der Waals surface area contributed by atoms with Crippen LogP contribution in [0.2, 0.25) is 0 Å². The quantitative estimate of drug-likeness (QED) is 0.811. The largest absolute Gasteiger partial charge is 0.382 e. The van der Waals surface area contributed by atoms with Crippen LogP contribution in [0.4, 0.5) is 5.69 Å². The number of benzene rings is 1. The van der Waals surface area contributed by atoms with Crippen LogP contribution < -0.4 is 10.0 Å². The van der Waals surface area contributed by atoms with E-state index < -0.39 is 20.8 Å². The fourth-order valence-corrected chi connectivity index (χ4v) is 3.04. The minimum Gasteiger partial charge on any atom is -0.382 e. The molecule has 0 bridgehead atoms. The molecular weight excluding hydrogens is 272 g/mol. The fourth-order valence-electron chi connectivity index (χ4n) is 1.53. The molecule has 0 saturated carbocycles. The lowest BCUT2D eigenvalue weighted by Crippen LogP contribution is -2.22. The van der Waals surface area contributed by atoms with Crippen molar-refractivity contribution in [2.75, 3.05) is 24.4 Å². The molecule has 0 spiro atoms. The molecule has 2 atom stereocenters. The Kier molecular flexibility index (Phi) is 5.30. The van der Waals surface area contributed by atoms with Crippen LogP contribution in [0, 0.1) is 0 Å².